The molecular weight excluding hydrogens is 279 g/mol. The van der Waals surface area contributed by atoms with Crippen LogP contribution < -0.4 is 0 Å². The summed E-state index contributed by atoms with van der Waals surface area (Å²) in [4.78, 5) is 8.59. The standard InChI is InChI=1S/C17H11FN4/c18-15-4-2-1-3-13(15)16-14(11-5-7-19-8-6-11)9-12-10-20-22-17(12)21-16/h1-10H,(H,20,21,22). The third kappa shape index (κ3) is 2.03. The number of hydrogen-bond donors (Lipinski definition) is 1. The minimum absolute atomic E-state index is 0.302. The van der Waals surface area contributed by atoms with E-state index in [1.807, 2.05) is 18.2 Å². The zero-order chi connectivity index (χ0) is 14.9. The van der Waals surface area contributed by atoms with Gasteiger partial charge in [-0.2, -0.15) is 5.10 Å². The van der Waals surface area contributed by atoms with E-state index in [2.05, 4.69) is 20.2 Å². The van der Waals surface area contributed by atoms with Crippen molar-refractivity contribution in [3.63, 3.8) is 0 Å². The fourth-order valence-electron chi connectivity index (χ4n) is 2.49. The summed E-state index contributed by atoms with van der Waals surface area (Å²) in [5.41, 5.74) is 3.47. The lowest BCUT2D eigenvalue weighted by atomic mass is 9.99. The van der Waals surface area contributed by atoms with Crippen LogP contribution in [0.3, 0.4) is 0 Å². The van der Waals surface area contributed by atoms with Crippen molar-refractivity contribution in [1.82, 2.24) is 20.2 Å². The highest BCUT2D eigenvalue weighted by Crippen LogP contribution is 2.33. The molecule has 3 heterocycles. The highest BCUT2D eigenvalue weighted by molar-refractivity contribution is 5.89. The second-order valence-corrected chi connectivity index (χ2v) is 4.91. The smallest absolute Gasteiger partial charge is 0.155 e. The molecule has 0 saturated heterocycles. The summed E-state index contributed by atoms with van der Waals surface area (Å²) >= 11 is 0. The molecule has 0 unspecified atom stereocenters. The van der Waals surface area contributed by atoms with Crippen LogP contribution in [0.5, 0.6) is 0 Å². The van der Waals surface area contributed by atoms with E-state index in [1.54, 1.807) is 36.8 Å². The van der Waals surface area contributed by atoms with Crippen LogP contribution in [0.1, 0.15) is 0 Å². The Morgan fingerprint density at radius 3 is 2.59 bits per heavy atom. The van der Waals surface area contributed by atoms with E-state index in [4.69, 9.17) is 0 Å². The fraction of sp³-hybridized carbons (Fsp3) is 0. The molecule has 5 heteroatoms. The van der Waals surface area contributed by atoms with Gasteiger partial charge in [0.05, 0.1) is 11.9 Å². The second kappa shape index (κ2) is 5.04. The van der Waals surface area contributed by atoms with E-state index in [0.717, 1.165) is 16.5 Å². The average molecular weight is 290 g/mol. The van der Waals surface area contributed by atoms with E-state index < -0.39 is 0 Å². The Morgan fingerprint density at radius 1 is 0.955 bits per heavy atom. The van der Waals surface area contributed by atoms with Gasteiger partial charge in [0.1, 0.15) is 5.82 Å². The van der Waals surface area contributed by atoms with Crippen molar-refractivity contribution in [2.45, 2.75) is 0 Å². The molecule has 3 aromatic heterocycles. The number of halogens is 1. The first kappa shape index (κ1) is 12.6. The lowest BCUT2D eigenvalue weighted by molar-refractivity contribution is 0.631. The Bertz CT molecular complexity index is 947. The Hall–Kier alpha value is -3.08. The summed E-state index contributed by atoms with van der Waals surface area (Å²) in [6, 6.07) is 12.4. The molecular formula is C17H11FN4. The third-order valence-corrected chi connectivity index (χ3v) is 3.55. The minimum Gasteiger partial charge on any atom is -0.265 e. The van der Waals surface area contributed by atoms with Crippen molar-refractivity contribution in [3.8, 4) is 22.4 Å². The van der Waals surface area contributed by atoms with Gasteiger partial charge in [0.15, 0.2) is 5.65 Å². The minimum atomic E-state index is -0.302. The fourth-order valence-corrected chi connectivity index (χ4v) is 2.49. The van der Waals surface area contributed by atoms with Crippen molar-refractivity contribution in [1.29, 1.82) is 0 Å². The lowest BCUT2D eigenvalue weighted by Crippen LogP contribution is -1.93. The maximum atomic E-state index is 14.2. The van der Waals surface area contributed by atoms with Crippen LogP contribution in [0.4, 0.5) is 4.39 Å². The molecule has 0 aliphatic rings. The Morgan fingerprint density at radius 2 is 1.77 bits per heavy atom. The highest BCUT2D eigenvalue weighted by atomic mass is 19.1. The van der Waals surface area contributed by atoms with Crippen molar-refractivity contribution in [3.05, 3.63) is 66.9 Å². The Labute approximate surface area is 125 Å². The van der Waals surface area contributed by atoms with Gasteiger partial charge in [0.2, 0.25) is 0 Å². The molecule has 0 aliphatic carbocycles. The largest absolute Gasteiger partial charge is 0.265 e. The molecule has 1 aromatic carbocycles. The van der Waals surface area contributed by atoms with E-state index in [-0.39, 0.29) is 5.82 Å². The second-order valence-electron chi connectivity index (χ2n) is 4.91. The van der Waals surface area contributed by atoms with Gasteiger partial charge in [0.25, 0.3) is 0 Å². The molecule has 0 aliphatic heterocycles. The molecule has 4 nitrogen and oxygen atoms in total. The molecule has 0 radical (unpaired) electrons. The van der Waals surface area contributed by atoms with E-state index >= 15 is 0 Å². The van der Waals surface area contributed by atoms with Crippen LogP contribution in [0.25, 0.3) is 33.4 Å². The van der Waals surface area contributed by atoms with Gasteiger partial charge in [-0.05, 0) is 35.9 Å². The zero-order valence-corrected chi connectivity index (χ0v) is 11.5. The first-order chi connectivity index (χ1) is 10.8. The topological polar surface area (TPSA) is 54.5 Å². The van der Waals surface area contributed by atoms with E-state index in [0.29, 0.717) is 16.9 Å². The molecule has 0 saturated carbocycles. The van der Waals surface area contributed by atoms with Gasteiger partial charge in [-0.25, -0.2) is 9.37 Å². The predicted molar refractivity (Wildman–Crippen MR) is 82.5 cm³/mol. The molecule has 4 rings (SSSR count). The average Bonchev–Trinajstić information content (AvgIpc) is 3.02. The molecule has 0 fully saturated rings. The molecule has 1 N–H and O–H groups in total. The molecule has 0 spiro atoms. The summed E-state index contributed by atoms with van der Waals surface area (Å²) in [5, 5.41) is 7.71. The summed E-state index contributed by atoms with van der Waals surface area (Å²) in [5.74, 6) is -0.302. The van der Waals surface area contributed by atoms with Gasteiger partial charge < -0.3 is 0 Å². The maximum Gasteiger partial charge on any atom is 0.155 e. The van der Waals surface area contributed by atoms with Gasteiger partial charge in [-0.1, -0.05) is 12.1 Å². The van der Waals surface area contributed by atoms with E-state index in [9.17, 15) is 4.39 Å². The molecule has 106 valence electrons. The zero-order valence-electron chi connectivity index (χ0n) is 11.5. The Kier molecular flexibility index (Phi) is 2.89. The van der Waals surface area contributed by atoms with Gasteiger partial charge >= 0.3 is 0 Å². The van der Waals surface area contributed by atoms with Crippen molar-refractivity contribution >= 4 is 11.0 Å². The lowest BCUT2D eigenvalue weighted by Gasteiger charge is -2.10. The maximum absolute atomic E-state index is 14.2. The van der Waals surface area contributed by atoms with Gasteiger partial charge in [-0.15, -0.1) is 0 Å². The van der Waals surface area contributed by atoms with Crippen molar-refractivity contribution in [2.75, 3.05) is 0 Å². The molecule has 0 atom stereocenters. The van der Waals surface area contributed by atoms with Crippen molar-refractivity contribution in [2.24, 2.45) is 0 Å². The summed E-state index contributed by atoms with van der Waals surface area (Å²) in [7, 11) is 0. The number of fused-ring (bicyclic) bond motifs is 1. The number of aromatic amines is 1. The molecule has 0 amide bonds. The number of nitrogens with zero attached hydrogens (tertiary/aromatic N) is 3. The van der Waals surface area contributed by atoms with Crippen molar-refractivity contribution < 1.29 is 4.39 Å². The normalized spacial score (nSPS) is 11.0. The number of pyridine rings is 2. The monoisotopic (exact) mass is 290 g/mol. The number of benzene rings is 1. The summed E-state index contributed by atoms with van der Waals surface area (Å²) in [6.07, 6.45) is 5.12. The predicted octanol–water partition coefficient (Wildman–Crippen LogP) is 3.83. The van der Waals surface area contributed by atoms with E-state index in [1.165, 1.54) is 6.07 Å². The van der Waals surface area contributed by atoms with Crippen LogP contribution in [-0.4, -0.2) is 20.2 Å². The number of aromatic nitrogens is 4. The highest BCUT2D eigenvalue weighted by Gasteiger charge is 2.15. The summed E-state index contributed by atoms with van der Waals surface area (Å²) < 4.78 is 14.2. The van der Waals surface area contributed by atoms with Crippen LogP contribution in [0.15, 0.2) is 61.1 Å². The first-order valence-corrected chi connectivity index (χ1v) is 6.82. The Balaban J connectivity index is 2.06. The quantitative estimate of drug-likeness (QED) is 0.610. The van der Waals surface area contributed by atoms with Crippen LogP contribution in [0.2, 0.25) is 0 Å². The van der Waals surface area contributed by atoms with Crippen LogP contribution in [0, 0.1) is 5.82 Å². The van der Waals surface area contributed by atoms with Crippen LogP contribution >= 0.6 is 0 Å². The molecule has 0 bridgehead atoms. The number of nitrogens with one attached hydrogen (secondary N) is 1. The molecule has 4 aromatic rings. The SMILES string of the molecule is Fc1ccccc1-c1nc2[nH]ncc2cc1-c1ccncc1. The number of rotatable bonds is 2. The van der Waals surface area contributed by atoms with Gasteiger partial charge in [-0.3, -0.25) is 10.1 Å². The van der Waals surface area contributed by atoms with Gasteiger partial charge in [0, 0.05) is 28.9 Å². The number of H-pyrrole nitrogens is 1. The van der Waals surface area contributed by atoms with Crippen LogP contribution in [-0.2, 0) is 0 Å². The molecule has 22 heavy (non-hydrogen) atoms. The summed E-state index contributed by atoms with van der Waals surface area (Å²) in [6.45, 7) is 0. The third-order valence-electron chi connectivity index (χ3n) is 3.55. The number of hydrogen-bond acceptors (Lipinski definition) is 3. The first-order valence-electron chi connectivity index (χ1n) is 6.82.